The van der Waals surface area contributed by atoms with Gasteiger partial charge in [0.25, 0.3) is 0 Å². The molecule has 0 aliphatic rings. The average Bonchev–Trinajstić information content (AvgIpc) is 2.02. The molecule has 1 nitrogen and oxygen atoms in total. The molecule has 14 heavy (non-hydrogen) atoms. The van der Waals surface area contributed by atoms with E-state index in [2.05, 4.69) is 0 Å². The highest BCUT2D eigenvalue weighted by atomic mass is 35.5. The van der Waals surface area contributed by atoms with Gasteiger partial charge in [-0.1, -0.05) is 0 Å². The van der Waals surface area contributed by atoms with E-state index in [1.54, 1.807) is 0 Å². The van der Waals surface area contributed by atoms with E-state index in [9.17, 15) is 17.6 Å². The second-order valence-corrected chi connectivity index (χ2v) is 2.93. The Balaban J connectivity index is 3.32. The molecule has 0 unspecified atom stereocenters. The van der Waals surface area contributed by atoms with E-state index in [1.165, 1.54) is 0 Å². The van der Waals surface area contributed by atoms with E-state index in [0.29, 0.717) is 12.1 Å². The number of nitrogen functional groups attached to an aromatic ring is 1. The molecule has 0 aliphatic heterocycles. The third-order valence-corrected chi connectivity index (χ3v) is 1.97. The summed E-state index contributed by atoms with van der Waals surface area (Å²) < 4.78 is 49.3. The minimum atomic E-state index is -4.72. The molecule has 0 amide bonds. The fraction of sp³-hybridized carbons (Fsp3) is 0.250. The molecule has 78 valence electrons. The van der Waals surface area contributed by atoms with Crippen molar-refractivity contribution in [2.75, 3.05) is 5.73 Å². The maximum Gasteiger partial charge on any atom is 0.419 e. The van der Waals surface area contributed by atoms with Gasteiger partial charge in [-0.2, -0.15) is 13.2 Å². The van der Waals surface area contributed by atoms with Crippen molar-refractivity contribution in [3.05, 3.63) is 29.1 Å². The summed E-state index contributed by atoms with van der Waals surface area (Å²) in [7, 11) is 0. The van der Waals surface area contributed by atoms with Crippen LogP contribution in [-0.4, -0.2) is 0 Å². The van der Waals surface area contributed by atoms with Crippen LogP contribution in [0, 0.1) is 5.82 Å². The van der Waals surface area contributed by atoms with E-state index >= 15 is 0 Å². The Hall–Kier alpha value is -0.970. The van der Waals surface area contributed by atoms with Gasteiger partial charge in [0.05, 0.1) is 5.56 Å². The van der Waals surface area contributed by atoms with E-state index in [1.807, 2.05) is 0 Å². The van der Waals surface area contributed by atoms with Gasteiger partial charge in [-0.3, -0.25) is 0 Å². The summed E-state index contributed by atoms with van der Waals surface area (Å²) in [5, 5.41) is 0. The van der Waals surface area contributed by atoms with Gasteiger partial charge in [0.2, 0.25) is 0 Å². The number of anilines is 1. The van der Waals surface area contributed by atoms with Crippen LogP contribution in [-0.2, 0) is 12.1 Å². The molecule has 0 aromatic heterocycles. The van der Waals surface area contributed by atoms with Crippen LogP contribution in [0.15, 0.2) is 12.1 Å². The summed E-state index contributed by atoms with van der Waals surface area (Å²) in [6.07, 6.45) is -4.72. The monoisotopic (exact) mass is 227 g/mol. The molecule has 1 aromatic carbocycles. The standard InChI is InChI=1S/C8H6ClF4N/c9-3-4-1-5(8(11,12)13)6(10)2-7(4)14/h1-2H,3,14H2. The van der Waals surface area contributed by atoms with Gasteiger partial charge in [0.15, 0.2) is 0 Å². The van der Waals surface area contributed by atoms with Crippen molar-refractivity contribution in [3.63, 3.8) is 0 Å². The molecule has 0 aliphatic carbocycles. The van der Waals surface area contributed by atoms with Crippen molar-refractivity contribution in [1.82, 2.24) is 0 Å². The maximum absolute atomic E-state index is 12.8. The fourth-order valence-corrected chi connectivity index (χ4v) is 1.20. The first-order valence-electron chi connectivity index (χ1n) is 3.57. The van der Waals surface area contributed by atoms with Gasteiger partial charge in [-0.25, -0.2) is 4.39 Å². The summed E-state index contributed by atoms with van der Waals surface area (Å²) in [6.45, 7) is 0. The van der Waals surface area contributed by atoms with Crippen LogP contribution < -0.4 is 5.73 Å². The SMILES string of the molecule is Nc1cc(F)c(C(F)(F)F)cc1CCl. The zero-order chi connectivity index (χ0) is 10.9. The van der Waals surface area contributed by atoms with E-state index < -0.39 is 17.6 Å². The number of halogens is 5. The van der Waals surface area contributed by atoms with Crippen molar-refractivity contribution in [2.24, 2.45) is 0 Å². The molecule has 0 atom stereocenters. The predicted octanol–water partition coefficient (Wildman–Crippen LogP) is 3.17. The molecule has 0 saturated carbocycles. The van der Waals surface area contributed by atoms with Gasteiger partial charge in [0, 0.05) is 11.6 Å². The highest BCUT2D eigenvalue weighted by molar-refractivity contribution is 6.17. The lowest BCUT2D eigenvalue weighted by Crippen LogP contribution is -2.10. The zero-order valence-electron chi connectivity index (χ0n) is 6.83. The Bertz CT molecular complexity index is 348. The smallest absolute Gasteiger partial charge is 0.398 e. The first-order valence-corrected chi connectivity index (χ1v) is 4.10. The Morgan fingerprint density at radius 2 is 1.86 bits per heavy atom. The molecule has 1 rings (SSSR count). The first-order chi connectivity index (χ1) is 6.36. The Labute approximate surface area is 82.5 Å². The van der Waals surface area contributed by atoms with Crippen LogP contribution >= 0.6 is 11.6 Å². The zero-order valence-corrected chi connectivity index (χ0v) is 7.58. The number of hydrogen-bond donors (Lipinski definition) is 1. The average molecular weight is 228 g/mol. The lowest BCUT2D eigenvalue weighted by molar-refractivity contribution is -0.140. The minimum absolute atomic E-state index is 0.0698. The lowest BCUT2D eigenvalue weighted by Gasteiger charge is -2.10. The molecule has 0 fully saturated rings. The normalized spacial score (nSPS) is 11.8. The Kier molecular flexibility index (Phi) is 2.89. The molecule has 6 heteroatoms. The van der Waals surface area contributed by atoms with Crippen LogP contribution in [0.25, 0.3) is 0 Å². The number of rotatable bonds is 1. The van der Waals surface area contributed by atoms with Gasteiger partial charge < -0.3 is 5.73 Å². The van der Waals surface area contributed by atoms with Crippen LogP contribution in [0.2, 0.25) is 0 Å². The van der Waals surface area contributed by atoms with Gasteiger partial charge in [0.1, 0.15) is 5.82 Å². The molecule has 1 aromatic rings. The quantitative estimate of drug-likeness (QED) is 0.445. The maximum atomic E-state index is 12.8. The molecular weight excluding hydrogens is 222 g/mol. The van der Waals surface area contributed by atoms with E-state index in [-0.39, 0.29) is 17.1 Å². The summed E-state index contributed by atoms with van der Waals surface area (Å²) in [4.78, 5) is 0. The van der Waals surface area contributed by atoms with Crippen LogP contribution in [0.3, 0.4) is 0 Å². The third-order valence-electron chi connectivity index (χ3n) is 1.68. The number of benzene rings is 1. The molecule has 0 bridgehead atoms. The Morgan fingerprint density at radius 3 is 2.29 bits per heavy atom. The fourth-order valence-electron chi connectivity index (χ4n) is 0.966. The topological polar surface area (TPSA) is 26.0 Å². The van der Waals surface area contributed by atoms with Gasteiger partial charge in [-0.05, 0) is 17.7 Å². The van der Waals surface area contributed by atoms with Gasteiger partial charge >= 0.3 is 6.18 Å². The molecule has 0 heterocycles. The van der Waals surface area contributed by atoms with Crippen molar-refractivity contribution in [2.45, 2.75) is 12.1 Å². The van der Waals surface area contributed by atoms with Crippen molar-refractivity contribution < 1.29 is 17.6 Å². The summed E-state index contributed by atoms with van der Waals surface area (Å²) in [5.74, 6) is -1.57. The summed E-state index contributed by atoms with van der Waals surface area (Å²) in [5.41, 5.74) is 3.90. The van der Waals surface area contributed by atoms with Crippen LogP contribution in [0.4, 0.5) is 23.2 Å². The minimum Gasteiger partial charge on any atom is -0.398 e. The molecule has 0 spiro atoms. The number of alkyl halides is 4. The molecule has 0 saturated heterocycles. The van der Waals surface area contributed by atoms with E-state index in [4.69, 9.17) is 17.3 Å². The van der Waals surface area contributed by atoms with Crippen molar-refractivity contribution in [3.8, 4) is 0 Å². The predicted molar refractivity (Wildman–Crippen MR) is 45.4 cm³/mol. The first kappa shape index (κ1) is 11.1. The number of hydrogen-bond acceptors (Lipinski definition) is 1. The van der Waals surface area contributed by atoms with Crippen LogP contribution in [0.5, 0.6) is 0 Å². The van der Waals surface area contributed by atoms with Crippen LogP contribution in [0.1, 0.15) is 11.1 Å². The lowest BCUT2D eigenvalue weighted by atomic mass is 10.1. The molecule has 2 N–H and O–H groups in total. The second kappa shape index (κ2) is 3.65. The highest BCUT2D eigenvalue weighted by Crippen LogP contribution is 2.33. The summed E-state index contributed by atoms with van der Waals surface area (Å²) >= 11 is 5.34. The Morgan fingerprint density at radius 1 is 1.29 bits per heavy atom. The molecule has 0 radical (unpaired) electrons. The largest absolute Gasteiger partial charge is 0.419 e. The second-order valence-electron chi connectivity index (χ2n) is 2.66. The van der Waals surface area contributed by atoms with E-state index in [0.717, 1.165) is 0 Å². The van der Waals surface area contributed by atoms with Crippen molar-refractivity contribution >= 4 is 17.3 Å². The third kappa shape index (κ3) is 2.09. The highest BCUT2D eigenvalue weighted by Gasteiger charge is 2.34. The van der Waals surface area contributed by atoms with Gasteiger partial charge in [-0.15, -0.1) is 11.6 Å². The summed E-state index contributed by atoms with van der Waals surface area (Å²) in [6, 6.07) is 1.25. The molecular formula is C8H6ClF4N. The number of nitrogens with two attached hydrogens (primary N) is 1. The van der Waals surface area contributed by atoms with Crippen molar-refractivity contribution in [1.29, 1.82) is 0 Å².